The molecule has 4 aliphatic heterocycles. The van der Waals surface area contributed by atoms with Gasteiger partial charge in [-0.05, 0) is 74.2 Å². The van der Waals surface area contributed by atoms with E-state index in [0.717, 1.165) is 31.4 Å². The number of aromatic nitrogens is 3. The average molecular weight is 628 g/mol. The molecule has 0 radical (unpaired) electrons. The summed E-state index contributed by atoms with van der Waals surface area (Å²) in [5, 5.41) is 11.9. The maximum absolute atomic E-state index is 17.0. The van der Waals surface area contributed by atoms with Gasteiger partial charge >= 0.3 is 6.01 Å². The van der Waals surface area contributed by atoms with Crippen LogP contribution in [0.4, 0.5) is 19.0 Å². The van der Waals surface area contributed by atoms with Crippen molar-refractivity contribution in [3.8, 4) is 35.4 Å². The minimum Gasteiger partial charge on any atom is -0.508 e. The Morgan fingerprint density at radius 2 is 2.04 bits per heavy atom. The Hall–Kier alpha value is -4.40. The van der Waals surface area contributed by atoms with Gasteiger partial charge in [-0.15, -0.1) is 6.42 Å². The molecule has 8 rings (SSSR count). The smallest absolute Gasteiger partial charge is 0.319 e. The van der Waals surface area contributed by atoms with Gasteiger partial charge in [0.25, 0.3) is 0 Å². The van der Waals surface area contributed by atoms with E-state index in [4.69, 9.17) is 25.9 Å². The number of benzene rings is 2. The molecule has 3 fully saturated rings. The molecular weight excluding hydrogens is 595 g/mol. The molecule has 0 aliphatic carbocycles. The van der Waals surface area contributed by atoms with Crippen LogP contribution in [0.15, 0.2) is 36.2 Å². The SMILES string of the molecule is C#Cc1c(F)ccc2cc(O)cc(-c3nc4c5c(nc(OC[C@@]67CCCN6C/C(=C\F)C7)nc5c3F)N3CCCOC[C@@H]3CC4)c12. The molecule has 1 N–H and O–H groups in total. The van der Waals surface area contributed by atoms with E-state index in [0.29, 0.717) is 74.2 Å². The van der Waals surface area contributed by atoms with Gasteiger partial charge in [-0.3, -0.25) is 4.90 Å². The van der Waals surface area contributed by atoms with Gasteiger partial charge < -0.3 is 19.5 Å². The molecule has 11 heteroatoms. The molecule has 6 heterocycles. The molecule has 4 aliphatic rings. The summed E-state index contributed by atoms with van der Waals surface area (Å²) < 4.78 is 57.7. The number of nitrogens with zero attached hydrogens (tertiary/aromatic N) is 5. The number of ether oxygens (including phenoxy) is 2. The van der Waals surface area contributed by atoms with E-state index in [2.05, 4.69) is 20.7 Å². The molecule has 4 aromatic rings. The van der Waals surface area contributed by atoms with Gasteiger partial charge in [0.2, 0.25) is 0 Å². The van der Waals surface area contributed by atoms with Crippen LogP contribution in [0.25, 0.3) is 32.9 Å². The fourth-order valence-corrected chi connectivity index (χ4v) is 7.89. The lowest BCUT2D eigenvalue weighted by atomic mass is 9.94. The van der Waals surface area contributed by atoms with Crippen molar-refractivity contribution >= 4 is 27.5 Å². The van der Waals surface area contributed by atoms with Crippen LogP contribution in [-0.4, -0.2) is 76.0 Å². The monoisotopic (exact) mass is 627 g/mol. The molecule has 236 valence electrons. The standard InChI is InChI=1S/C35H32F3N5O3/c1-2-24-26(37)7-5-21-13-23(44)14-25(28(21)24)31-30(38)32-29-27(39-31)8-6-22-18-45-12-4-11-43(22)33(29)41-34(40-32)46-19-35-9-3-10-42(35)17-20(15-35)16-36/h1,5,7,13-14,16,22,44H,3-4,6,8-12,15,17-19H2/b20-16-/t22-,35-/m0/s1. The first-order chi connectivity index (χ1) is 22.4. The number of terminal acetylenes is 1. The van der Waals surface area contributed by atoms with Crippen LogP contribution in [0.2, 0.25) is 0 Å². The van der Waals surface area contributed by atoms with Crippen molar-refractivity contribution < 1.29 is 27.8 Å². The minimum atomic E-state index is -0.750. The van der Waals surface area contributed by atoms with E-state index in [1.54, 1.807) is 0 Å². The first-order valence-electron chi connectivity index (χ1n) is 15.7. The molecule has 0 amide bonds. The largest absolute Gasteiger partial charge is 0.508 e. The van der Waals surface area contributed by atoms with Gasteiger partial charge in [0.1, 0.15) is 35.2 Å². The zero-order chi connectivity index (χ0) is 31.6. The first kappa shape index (κ1) is 29.0. The van der Waals surface area contributed by atoms with Crippen molar-refractivity contribution in [2.75, 3.05) is 44.4 Å². The van der Waals surface area contributed by atoms with Crippen LogP contribution in [0, 0.1) is 24.0 Å². The lowest BCUT2D eigenvalue weighted by Gasteiger charge is -2.31. The van der Waals surface area contributed by atoms with Crippen LogP contribution in [0.3, 0.4) is 0 Å². The molecule has 2 aromatic heterocycles. The van der Waals surface area contributed by atoms with Crippen LogP contribution in [0.5, 0.6) is 11.8 Å². The lowest BCUT2D eigenvalue weighted by Crippen LogP contribution is -2.43. The normalized spacial score (nSPS) is 23.7. The highest BCUT2D eigenvalue weighted by Crippen LogP contribution is 2.44. The van der Waals surface area contributed by atoms with E-state index >= 15 is 4.39 Å². The minimum absolute atomic E-state index is 0.0188. The van der Waals surface area contributed by atoms with Gasteiger partial charge in [-0.2, -0.15) is 9.97 Å². The van der Waals surface area contributed by atoms with E-state index in [1.807, 2.05) is 0 Å². The molecule has 0 unspecified atom stereocenters. The molecule has 8 nitrogen and oxygen atoms in total. The van der Waals surface area contributed by atoms with Crippen molar-refractivity contribution in [1.29, 1.82) is 0 Å². The molecule has 0 saturated carbocycles. The van der Waals surface area contributed by atoms with E-state index in [-0.39, 0.29) is 57.7 Å². The van der Waals surface area contributed by atoms with Gasteiger partial charge in [-0.25, -0.2) is 18.2 Å². The third kappa shape index (κ3) is 4.57. The van der Waals surface area contributed by atoms with E-state index in [9.17, 15) is 13.9 Å². The second kappa shape index (κ2) is 11.1. The number of hydrogen-bond acceptors (Lipinski definition) is 8. The van der Waals surface area contributed by atoms with Gasteiger partial charge in [-0.1, -0.05) is 12.0 Å². The average Bonchev–Trinajstić information content (AvgIpc) is 3.45. The number of rotatable bonds is 4. The first-order valence-corrected chi connectivity index (χ1v) is 15.7. The predicted molar refractivity (Wildman–Crippen MR) is 168 cm³/mol. The summed E-state index contributed by atoms with van der Waals surface area (Å²) in [5.41, 5.74) is 1.00. The van der Waals surface area contributed by atoms with Crippen molar-refractivity contribution in [3.63, 3.8) is 0 Å². The Morgan fingerprint density at radius 1 is 1.15 bits per heavy atom. The number of phenols is 1. The third-order valence-corrected chi connectivity index (χ3v) is 10.0. The summed E-state index contributed by atoms with van der Waals surface area (Å²) in [6.07, 6.45) is 10.7. The Bertz CT molecular complexity index is 1980. The van der Waals surface area contributed by atoms with Crippen LogP contribution >= 0.6 is 0 Å². The molecule has 0 spiro atoms. The summed E-state index contributed by atoms with van der Waals surface area (Å²) in [5.74, 6) is 1.41. The van der Waals surface area contributed by atoms with Crippen LogP contribution in [0.1, 0.15) is 43.4 Å². The summed E-state index contributed by atoms with van der Waals surface area (Å²) in [6.45, 7) is 3.41. The zero-order valence-electron chi connectivity index (χ0n) is 25.2. The number of hydrogen-bond donors (Lipinski definition) is 1. The molecule has 3 saturated heterocycles. The van der Waals surface area contributed by atoms with Crippen LogP contribution < -0.4 is 9.64 Å². The zero-order valence-corrected chi connectivity index (χ0v) is 25.2. The van der Waals surface area contributed by atoms with Crippen molar-refractivity contribution in [3.05, 3.63) is 59.1 Å². The van der Waals surface area contributed by atoms with E-state index in [1.165, 1.54) is 24.3 Å². The van der Waals surface area contributed by atoms with Crippen molar-refractivity contribution in [1.82, 2.24) is 19.9 Å². The Labute approximate surface area is 263 Å². The maximum Gasteiger partial charge on any atom is 0.319 e. The molecule has 2 atom stereocenters. The van der Waals surface area contributed by atoms with Gasteiger partial charge in [0.15, 0.2) is 5.82 Å². The van der Waals surface area contributed by atoms with Crippen molar-refractivity contribution in [2.45, 2.75) is 50.1 Å². The summed E-state index contributed by atoms with van der Waals surface area (Å²) in [7, 11) is 0. The molecular formula is C35H32F3N5O3. The number of aryl methyl sites for hydroxylation is 1. The Morgan fingerprint density at radius 3 is 2.89 bits per heavy atom. The second-order valence-electron chi connectivity index (χ2n) is 12.7. The quantitative estimate of drug-likeness (QED) is 0.284. The highest BCUT2D eigenvalue weighted by Gasteiger charge is 2.47. The third-order valence-electron chi connectivity index (χ3n) is 10.0. The van der Waals surface area contributed by atoms with Crippen molar-refractivity contribution in [2.24, 2.45) is 0 Å². The number of halogens is 3. The maximum atomic E-state index is 17.0. The number of fused-ring (bicyclic) bond motifs is 4. The Kier molecular flexibility index (Phi) is 7.03. The second-order valence-corrected chi connectivity index (χ2v) is 12.7. The van der Waals surface area contributed by atoms with E-state index < -0.39 is 11.6 Å². The number of phenolic OH excluding ortho intramolecular Hbond substituents is 1. The summed E-state index contributed by atoms with van der Waals surface area (Å²) >= 11 is 0. The molecule has 0 bridgehead atoms. The predicted octanol–water partition coefficient (Wildman–Crippen LogP) is 5.82. The fourth-order valence-electron chi connectivity index (χ4n) is 7.89. The summed E-state index contributed by atoms with van der Waals surface area (Å²) in [6, 6.07) is 5.53. The van der Waals surface area contributed by atoms with Crippen LogP contribution in [-0.2, 0) is 11.2 Å². The number of anilines is 1. The molecule has 46 heavy (non-hydrogen) atoms. The molecule has 2 aromatic carbocycles. The lowest BCUT2D eigenvalue weighted by molar-refractivity contribution is 0.108. The van der Waals surface area contributed by atoms with Gasteiger partial charge in [0, 0.05) is 30.6 Å². The van der Waals surface area contributed by atoms with Gasteiger partial charge in [0.05, 0.1) is 41.2 Å². The summed E-state index contributed by atoms with van der Waals surface area (Å²) in [4.78, 5) is 18.7. The highest BCUT2D eigenvalue weighted by molar-refractivity contribution is 6.03. The Balaban J connectivity index is 1.33. The number of pyridine rings is 1. The number of aromatic hydroxyl groups is 1. The fraction of sp³-hybridized carbons (Fsp3) is 0.400. The topological polar surface area (TPSA) is 83.8 Å². The highest BCUT2D eigenvalue weighted by atomic mass is 19.1.